The molecular weight excluding hydrogens is 188 g/mol. The first-order valence-corrected chi connectivity index (χ1v) is 5.63. The molecule has 12 heavy (non-hydrogen) atoms. The quantitative estimate of drug-likeness (QED) is 0.643. The number of allylic oxidation sites excluding steroid dienone is 1. The normalized spacial score (nSPS) is 27.3. The molecule has 2 nitrogen and oxygen atoms in total. The Hall–Kier alpha value is -0.480. The first-order chi connectivity index (χ1) is 5.97. The van der Waals surface area contributed by atoms with Crippen LogP contribution in [0.5, 0.6) is 0 Å². The summed E-state index contributed by atoms with van der Waals surface area (Å²) in [6.07, 6.45) is 5.64. The lowest BCUT2D eigenvalue weighted by atomic mass is 10.4. The van der Waals surface area contributed by atoms with Crippen molar-refractivity contribution in [3.63, 3.8) is 0 Å². The van der Waals surface area contributed by atoms with Crippen molar-refractivity contribution in [2.45, 2.75) is 5.37 Å². The zero-order valence-corrected chi connectivity index (χ0v) is 8.02. The molecule has 1 atom stereocenters. The molecule has 0 aromatic heterocycles. The number of aliphatic imine (C=N–C) groups is 2. The molecular formula is C8H8N2S2. The Morgan fingerprint density at radius 2 is 2.42 bits per heavy atom. The van der Waals surface area contributed by atoms with Gasteiger partial charge in [0.05, 0.1) is 5.71 Å². The maximum atomic E-state index is 4.33. The third-order valence-corrected chi connectivity index (χ3v) is 3.25. The van der Waals surface area contributed by atoms with Gasteiger partial charge in [-0.05, 0) is 16.9 Å². The van der Waals surface area contributed by atoms with Crippen LogP contribution in [0.1, 0.15) is 0 Å². The Labute approximate surface area is 79.9 Å². The lowest BCUT2D eigenvalue weighted by molar-refractivity contribution is 1.20. The van der Waals surface area contributed by atoms with Crippen LogP contribution in [0.3, 0.4) is 0 Å². The summed E-state index contributed by atoms with van der Waals surface area (Å²) in [5, 5.41) is 4.28. The van der Waals surface area contributed by atoms with Gasteiger partial charge in [0.25, 0.3) is 0 Å². The van der Waals surface area contributed by atoms with Crippen LogP contribution in [0, 0.1) is 0 Å². The molecule has 4 heteroatoms. The van der Waals surface area contributed by atoms with Crippen molar-refractivity contribution in [2.75, 3.05) is 5.75 Å². The number of thioether (sulfide) groups is 2. The van der Waals surface area contributed by atoms with Gasteiger partial charge in [-0.2, -0.15) is 0 Å². The standard InChI is InChI=1S/C8H8N2S2/c1-2-10-8(12-4-1)7-6-11-5-3-9-7/h1-5,8H,6H2. The van der Waals surface area contributed by atoms with Crippen LogP contribution < -0.4 is 0 Å². The van der Waals surface area contributed by atoms with Crippen LogP contribution in [0.4, 0.5) is 0 Å². The summed E-state index contributed by atoms with van der Waals surface area (Å²) in [6, 6.07) is 0. The summed E-state index contributed by atoms with van der Waals surface area (Å²) in [5.41, 5.74) is 1.16. The highest BCUT2D eigenvalue weighted by atomic mass is 32.2. The molecule has 1 unspecified atom stereocenters. The van der Waals surface area contributed by atoms with Crippen molar-refractivity contribution in [1.82, 2.24) is 0 Å². The summed E-state index contributed by atoms with van der Waals surface area (Å²) >= 11 is 3.49. The summed E-state index contributed by atoms with van der Waals surface area (Å²) < 4.78 is 0. The van der Waals surface area contributed by atoms with E-state index in [9.17, 15) is 0 Å². The third-order valence-electron chi connectivity index (χ3n) is 1.51. The van der Waals surface area contributed by atoms with Gasteiger partial charge in [0.15, 0.2) is 0 Å². The van der Waals surface area contributed by atoms with Crippen molar-refractivity contribution >= 4 is 35.5 Å². The second kappa shape index (κ2) is 3.96. The first kappa shape index (κ1) is 8.13. The number of nitrogens with zero attached hydrogens (tertiary/aromatic N) is 2. The second-order valence-electron chi connectivity index (χ2n) is 2.33. The molecule has 0 fully saturated rings. The zero-order chi connectivity index (χ0) is 8.23. The minimum atomic E-state index is 0.215. The van der Waals surface area contributed by atoms with Gasteiger partial charge in [0.1, 0.15) is 5.37 Å². The van der Waals surface area contributed by atoms with Crippen LogP contribution in [0.25, 0.3) is 0 Å². The Balaban J connectivity index is 2.09. The minimum Gasteiger partial charge on any atom is -0.273 e. The lowest BCUT2D eigenvalue weighted by Gasteiger charge is -2.15. The van der Waals surface area contributed by atoms with Gasteiger partial charge in [0.2, 0.25) is 0 Å². The molecule has 0 N–H and O–H groups in total. The van der Waals surface area contributed by atoms with E-state index in [0.717, 1.165) is 11.5 Å². The van der Waals surface area contributed by atoms with Gasteiger partial charge in [-0.25, -0.2) is 0 Å². The summed E-state index contributed by atoms with van der Waals surface area (Å²) in [6.45, 7) is 0. The Morgan fingerprint density at radius 1 is 1.42 bits per heavy atom. The fraction of sp³-hybridized carbons (Fsp3) is 0.250. The van der Waals surface area contributed by atoms with Gasteiger partial charge in [-0.1, -0.05) is 0 Å². The molecule has 0 saturated carbocycles. The molecule has 2 aliphatic heterocycles. The van der Waals surface area contributed by atoms with Gasteiger partial charge in [-0.3, -0.25) is 9.98 Å². The van der Waals surface area contributed by atoms with Crippen molar-refractivity contribution in [2.24, 2.45) is 9.98 Å². The van der Waals surface area contributed by atoms with E-state index in [0.29, 0.717) is 0 Å². The van der Waals surface area contributed by atoms with Crippen LogP contribution in [0.15, 0.2) is 33.1 Å². The average molecular weight is 196 g/mol. The fourth-order valence-electron chi connectivity index (χ4n) is 0.958. The van der Waals surface area contributed by atoms with Crippen LogP contribution >= 0.6 is 23.5 Å². The van der Waals surface area contributed by atoms with E-state index in [1.165, 1.54) is 0 Å². The summed E-state index contributed by atoms with van der Waals surface area (Å²) in [7, 11) is 0. The van der Waals surface area contributed by atoms with E-state index in [-0.39, 0.29) is 5.37 Å². The monoisotopic (exact) mass is 196 g/mol. The third kappa shape index (κ3) is 1.81. The zero-order valence-electron chi connectivity index (χ0n) is 6.38. The number of rotatable bonds is 1. The molecule has 2 heterocycles. The fourth-order valence-corrected chi connectivity index (χ4v) is 2.46. The van der Waals surface area contributed by atoms with Crippen LogP contribution in [-0.4, -0.2) is 23.1 Å². The predicted molar refractivity (Wildman–Crippen MR) is 58.0 cm³/mol. The van der Waals surface area contributed by atoms with Gasteiger partial charge < -0.3 is 0 Å². The van der Waals surface area contributed by atoms with Crippen molar-refractivity contribution in [3.05, 3.63) is 23.1 Å². The van der Waals surface area contributed by atoms with E-state index < -0.39 is 0 Å². The molecule has 0 spiro atoms. The smallest absolute Gasteiger partial charge is 0.138 e. The predicted octanol–water partition coefficient (Wildman–Crippen LogP) is 2.30. The van der Waals surface area contributed by atoms with Gasteiger partial charge in [-0.15, -0.1) is 23.5 Å². The topological polar surface area (TPSA) is 24.7 Å². The van der Waals surface area contributed by atoms with Gasteiger partial charge >= 0.3 is 0 Å². The molecule has 62 valence electrons. The van der Waals surface area contributed by atoms with E-state index in [2.05, 4.69) is 15.4 Å². The van der Waals surface area contributed by atoms with E-state index >= 15 is 0 Å². The maximum Gasteiger partial charge on any atom is 0.138 e. The summed E-state index contributed by atoms with van der Waals surface area (Å²) in [4.78, 5) is 8.63. The van der Waals surface area contributed by atoms with E-state index in [4.69, 9.17) is 0 Å². The van der Waals surface area contributed by atoms with Crippen molar-refractivity contribution in [1.29, 1.82) is 0 Å². The molecule has 0 aromatic rings. The lowest BCUT2D eigenvalue weighted by Crippen LogP contribution is -2.18. The second-order valence-corrected chi connectivity index (χ2v) is 4.22. The number of hydrogen-bond donors (Lipinski definition) is 0. The Morgan fingerprint density at radius 3 is 3.08 bits per heavy atom. The molecule has 0 saturated heterocycles. The molecule has 2 aliphatic rings. The Bertz CT molecular complexity index is 279. The number of hydrogen-bond acceptors (Lipinski definition) is 4. The molecule has 0 aliphatic carbocycles. The minimum absolute atomic E-state index is 0.215. The highest BCUT2D eigenvalue weighted by Crippen LogP contribution is 2.22. The molecule has 0 radical (unpaired) electrons. The van der Waals surface area contributed by atoms with Crippen molar-refractivity contribution in [3.8, 4) is 0 Å². The van der Waals surface area contributed by atoms with E-state index in [1.807, 2.05) is 23.9 Å². The van der Waals surface area contributed by atoms with Crippen LogP contribution in [-0.2, 0) is 0 Å². The molecule has 2 rings (SSSR count). The summed E-state index contributed by atoms with van der Waals surface area (Å²) in [5.74, 6) is 0.972. The maximum absolute atomic E-state index is 4.33. The first-order valence-electron chi connectivity index (χ1n) is 3.64. The van der Waals surface area contributed by atoms with E-state index in [1.54, 1.807) is 23.5 Å². The molecule has 0 bridgehead atoms. The Kier molecular flexibility index (Phi) is 2.68. The molecule has 0 aromatic carbocycles. The highest BCUT2D eigenvalue weighted by molar-refractivity contribution is 8.04. The average Bonchev–Trinajstić information content (AvgIpc) is 2.21. The van der Waals surface area contributed by atoms with Crippen LogP contribution in [0.2, 0.25) is 0 Å². The van der Waals surface area contributed by atoms with Gasteiger partial charge in [0, 0.05) is 18.2 Å². The molecule has 0 amide bonds. The largest absolute Gasteiger partial charge is 0.273 e. The van der Waals surface area contributed by atoms with Crippen molar-refractivity contribution < 1.29 is 0 Å². The SMILES string of the molecule is C1=CSC(C2=NC=CSC2)N=C1. The highest BCUT2D eigenvalue weighted by Gasteiger charge is 2.15.